The van der Waals surface area contributed by atoms with Crippen LogP contribution in [0.3, 0.4) is 0 Å². The number of nitriles is 1. The van der Waals surface area contributed by atoms with Crippen LogP contribution in [-0.2, 0) is 4.74 Å². The van der Waals surface area contributed by atoms with E-state index in [4.69, 9.17) is 4.74 Å². The van der Waals surface area contributed by atoms with E-state index < -0.39 is 0 Å². The maximum atomic E-state index is 11.5. The summed E-state index contributed by atoms with van der Waals surface area (Å²) in [6.45, 7) is 0. The average Bonchev–Trinajstić information content (AvgIpc) is 2.60. The molecule has 0 heterocycles. The zero-order chi connectivity index (χ0) is 15.5. The highest BCUT2D eigenvalue weighted by Crippen LogP contribution is 2.27. The van der Waals surface area contributed by atoms with Crippen LogP contribution in [-0.4, -0.2) is 13.1 Å². The molecule has 3 aromatic carbocycles. The second kappa shape index (κ2) is 5.71. The first-order valence-electron chi connectivity index (χ1n) is 6.84. The summed E-state index contributed by atoms with van der Waals surface area (Å²) in [6.07, 6.45) is 0. The maximum Gasteiger partial charge on any atom is 0.337 e. The summed E-state index contributed by atoms with van der Waals surface area (Å²) in [5.74, 6) is -0.359. The molecule has 3 heteroatoms. The van der Waals surface area contributed by atoms with Crippen LogP contribution in [0, 0.1) is 11.3 Å². The molecule has 0 bridgehead atoms. The monoisotopic (exact) mass is 287 g/mol. The third-order valence-corrected chi connectivity index (χ3v) is 3.62. The number of fused-ring (bicyclic) bond motifs is 1. The molecule has 0 amide bonds. The summed E-state index contributed by atoms with van der Waals surface area (Å²) < 4.78 is 4.69. The van der Waals surface area contributed by atoms with Crippen molar-refractivity contribution in [2.75, 3.05) is 7.11 Å². The van der Waals surface area contributed by atoms with Crippen LogP contribution in [0.1, 0.15) is 15.9 Å². The minimum atomic E-state index is -0.359. The van der Waals surface area contributed by atoms with Crippen molar-refractivity contribution in [1.29, 1.82) is 5.26 Å². The van der Waals surface area contributed by atoms with Crippen LogP contribution in [0.2, 0.25) is 0 Å². The van der Waals surface area contributed by atoms with Crippen molar-refractivity contribution in [3.63, 3.8) is 0 Å². The lowest BCUT2D eigenvalue weighted by Gasteiger charge is -2.07. The van der Waals surface area contributed by atoms with Gasteiger partial charge in [-0.3, -0.25) is 0 Å². The minimum Gasteiger partial charge on any atom is -0.465 e. The first-order chi connectivity index (χ1) is 10.7. The molecule has 0 atom stereocenters. The van der Waals surface area contributed by atoms with E-state index in [1.54, 1.807) is 12.1 Å². The quantitative estimate of drug-likeness (QED) is 0.665. The number of esters is 1. The summed E-state index contributed by atoms with van der Waals surface area (Å²) in [5, 5.41) is 11.3. The summed E-state index contributed by atoms with van der Waals surface area (Å²) in [6, 6.07) is 21.1. The van der Waals surface area contributed by atoms with Gasteiger partial charge in [-0.2, -0.15) is 5.26 Å². The molecular formula is C19H13NO2. The molecule has 3 rings (SSSR count). The van der Waals surface area contributed by atoms with Gasteiger partial charge in [0.1, 0.15) is 0 Å². The van der Waals surface area contributed by atoms with Gasteiger partial charge in [0, 0.05) is 0 Å². The molecule has 0 aromatic heterocycles. The van der Waals surface area contributed by atoms with Gasteiger partial charge in [0.25, 0.3) is 0 Å². The van der Waals surface area contributed by atoms with E-state index in [-0.39, 0.29) is 5.97 Å². The van der Waals surface area contributed by atoms with Crippen LogP contribution in [0.4, 0.5) is 0 Å². The lowest BCUT2D eigenvalue weighted by Crippen LogP contribution is -2.00. The number of nitrogens with zero attached hydrogens (tertiary/aromatic N) is 1. The number of hydrogen-bond acceptors (Lipinski definition) is 3. The molecule has 0 radical (unpaired) electrons. The van der Waals surface area contributed by atoms with Crippen molar-refractivity contribution in [3.8, 4) is 17.2 Å². The highest BCUT2D eigenvalue weighted by Gasteiger charge is 2.08. The van der Waals surface area contributed by atoms with Crippen molar-refractivity contribution >= 4 is 16.7 Å². The van der Waals surface area contributed by atoms with E-state index in [0.29, 0.717) is 11.1 Å². The predicted molar refractivity (Wildman–Crippen MR) is 85.4 cm³/mol. The maximum absolute atomic E-state index is 11.5. The molecule has 22 heavy (non-hydrogen) atoms. The fraction of sp³-hybridized carbons (Fsp3) is 0.0526. The zero-order valence-corrected chi connectivity index (χ0v) is 12.0. The normalized spacial score (nSPS) is 10.2. The lowest BCUT2D eigenvalue weighted by atomic mass is 9.97. The van der Waals surface area contributed by atoms with E-state index in [0.717, 1.165) is 21.9 Å². The smallest absolute Gasteiger partial charge is 0.337 e. The van der Waals surface area contributed by atoms with Gasteiger partial charge in [-0.05, 0) is 46.2 Å². The van der Waals surface area contributed by atoms with Crippen LogP contribution in [0.15, 0.2) is 60.7 Å². The Morgan fingerprint density at radius 3 is 2.41 bits per heavy atom. The molecule has 0 spiro atoms. The largest absolute Gasteiger partial charge is 0.465 e. The Kier molecular flexibility index (Phi) is 3.59. The molecule has 0 aliphatic carbocycles. The van der Waals surface area contributed by atoms with Crippen molar-refractivity contribution in [1.82, 2.24) is 0 Å². The molecule has 0 saturated heterocycles. The van der Waals surface area contributed by atoms with E-state index in [2.05, 4.69) is 6.07 Å². The van der Waals surface area contributed by atoms with Crippen molar-refractivity contribution < 1.29 is 9.53 Å². The predicted octanol–water partition coefficient (Wildman–Crippen LogP) is 4.17. The fourth-order valence-electron chi connectivity index (χ4n) is 2.49. The number of rotatable bonds is 2. The molecule has 0 unspecified atom stereocenters. The molecule has 0 fully saturated rings. The number of hydrogen-bond donors (Lipinski definition) is 0. The van der Waals surface area contributed by atoms with E-state index in [9.17, 15) is 10.1 Å². The Hall–Kier alpha value is -3.12. The first-order valence-corrected chi connectivity index (χ1v) is 6.84. The molecule has 0 aliphatic heterocycles. The fourth-order valence-corrected chi connectivity index (χ4v) is 2.49. The average molecular weight is 287 g/mol. The van der Waals surface area contributed by atoms with Crippen LogP contribution >= 0.6 is 0 Å². The van der Waals surface area contributed by atoms with Crippen LogP contribution in [0.5, 0.6) is 0 Å². The Morgan fingerprint density at radius 2 is 1.73 bits per heavy atom. The summed E-state index contributed by atoms with van der Waals surface area (Å²) in [5.41, 5.74) is 3.05. The number of ether oxygens (including phenoxy) is 1. The molecule has 0 aliphatic rings. The topological polar surface area (TPSA) is 50.1 Å². The second-order valence-electron chi connectivity index (χ2n) is 4.93. The summed E-state index contributed by atoms with van der Waals surface area (Å²) in [4.78, 5) is 11.5. The van der Waals surface area contributed by atoms with Crippen LogP contribution < -0.4 is 0 Å². The molecule has 0 N–H and O–H groups in total. The van der Waals surface area contributed by atoms with E-state index in [1.807, 2.05) is 48.5 Å². The third kappa shape index (κ3) is 2.43. The first kappa shape index (κ1) is 13.8. The van der Waals surface area contributed by atoms with Crippen LogP contribution in [0.25, 0.3) is 21.9 Å². The van der Waals surface area contributed by atoms with Gasteiger partial charge in [-0.25, -0.2) is 4.79 Å². The van der Waals surface area contributed by atoms with Gasteiger partial charge in [0.2, 0.25) is 0 Å². The second-order valence-corrected chi connectivity index (χ2v) is 4.93. The number of benzene rings is 3. The number of carbonyl (C=O) groups excluding carboxylic acids is 1. The highest BCUT2D eigenvalue weighted by molar-refractivity contribution is 5.93. The molecule has 3 aromatic rings. The van der Waals surface area contributed by atoms with Crippen molar-refractivity contribution in [2.45, 2.75) is 0 Å². The highest BCUT2D eigenvalue weighted by atomic mass is 16.5. The third-order valence-electron chi connectivity index (χ3n) is 3.62. The van der Waals surface area contributed by atoms with E-state index >= 15 is 0 Å². The van der Waals surface area contributed by atoms with Gasteiger partial charge in [-0.1, -0.05) is 36.4 Å². The SMILES string of the molecule is COC(=O)c1ccc(-c2cc(C#N)c3ccccc3c2)cc1. The standard InChI is InChI=1S/C19H13NO2/c1-22-19(21)14-8-6-13(7-9-14)16-10-15-4-2-3-5-18(15)17(11-16)12-20/h2-11H,1H3. The van der Waals surface area contributed by atoms with E-state index in [1.165, 1.54) is 7.11 Å². The Balaban J connectivity index is 2.10. The summed E-state index contributed by atoms with van der Waals surface area (Å²) in [7, 11) is 1.36. The van der Waals surface area contributed by atoms with Gasteiger partial charge in [0.05, 0.1) is 24.3 Å². The number of methoxy groups -OCH3 is 1. The van der Waals surface area contributed by atoms with Gasteiger partial charge in [-0.15, -0.1) is 0 Å². The van der Waals surface area contributed by atoms with Crippen molar-refractivity contribution in [2.24, 2.45) is 0 Å². The van der Waals surface area contributed by atoms with Gasteiger partial charge < -0.3 is 4.74 Å². The molecular weight excluding hydrogens is 274 g/mol. The Bertz CT molecular complexity index is 889. The lowest BCUT2D eigenvalue weighted by molar-refractivity contribution is 0.0601. The van der Waals surface area contributed by atoms with Crippen molar-refractivity contribution in [3.05, 3.63) is 71.8 Å². The Labute approximate surface area is 128 Å². The molecule has 106 valence electrons. The summed E-state index contributed by atoms with van der Waals surface area (Å²) >= 11 is 0. The van der Waals surface area contributed by atoms with Gasteiger partial charge in [0.15, 0.2) is 0 Å². The Morgan fingerprint density at radius 1 is 1.00 bits per heavy atom. The molecule has 3 nitrogen and oxygen atoms in total. The van der Waals surface area contributed by atoms with Gasteiger partial charge >= 0.3 is 5.97 Å². The molecule has 0 saturated carbocycles. The zero-order valence-electron chi connectivity index (χ0n) is 12.0. The number of carbonyl (C=O) groups is 1. The minimum absolute atomic E-state index is 0.359.